The minimum Gasteiger partial charge on any atom is -0.311 e. The summed E-state index contributed by atoms with van der Waals surface area (Å²) in [6.45, 7) is 4.30. The molecule has 2 rings (SSSR count). The Morgan fingerprint density at radius 3 is 2.86 bits per heavy atom. The van der Waals surface area contributed by atoms with Gasteiger partial charge < -0.3 is 5.32 Å². The first-order chi connectivity index (χ1) is 6.65. The molecule has 2 heterocycles. The molecule has 0 bridgehead atoms. The molecule has 0 spiro atoms. The minimum atomic E-state index is -0.0386. The largest absolute Gasteiger partial charge is 0.311 e. The Kier molecular flexibility index (Phi) is 2.04. The predicted octanol–water partition coefficient (Wildman–Crippen LogP) is 1.79. The highest BCUT2D eigenvalue weighted by atomic mass is 15.2. The number of hydrogen-bond donors (Lipinski definition) is 1. The molecule has 0 atom stereocenters. The third-order valence-electron chi connectivity index (χ3n) is 2.72. The molecule has 74 valence electrons. The lowest BCUT2D eigenvalue weighted by atomic mass is 9.96. The summed E-state index contributed by atoms with van der Waals surface area (Å²) in [6.07, 6.45) is 3.89. The highest BCUT2D eigenvalue weighted by molar-refractivity contribution is 5.56. The molecule has 0 aliphatic heterocycles. The van der Waals surface area contributed by atoms with E-state index in [-0.39, 0.29) is 5.54 Å². The van der Waals surface area contributed by atoms with Crippen LogP contribution < -0.4 is 5.32 Å². The fraction of sp³-hybridized carbons (Fsp3) is 0.364. The Balaban J connectivity index is 2.64. The van der Waals surface area contributed by atoms with E-state index in [1.165, 1.54) is 5.56 Å². The third-order valence-corrected chi connectivity index (χ3v) is 2.72. The Morgan fingerprint density at radius 2 is 2.14 bits per heavy atom. The van der Waals surface area contributed by atoms with Gasteiger partial charge in [0.2, 0.25) is 0 Å². The second kappa shape index (κ2) is 3.10. The van der Waals surface area contributed by atoms with Crippen LogP contribution in [-0.4, -0.2) is 16.7 Å². The molecule has 2 aromatic heterocycles. The van der Waals surface area contributed by atoms with Crippen molar-refractivity contribution in [1.29, 1.82) is 0 Å². The maximum absolute atomic E-state index is 4.31. The molecular formula is C11H15N3. The zero-order valence-corrected chi connectivity index (χ0v) is 8.78. The SMILES string of the molecule is CNC(C)(C)c1cnn2ccccc12. The van der Waals surface area contributed by atoms with E-state index in [0.717, 1.165) is 5.52 Å². The smallest absolute Gasteiger partial charge is 0.0712 e. The number of nitrogens with one attached hydrogen (secondary N) is 1. The van der Waals surface area contributed by atoms with E-state index in [1.807, 2.05) is 36.1 Å². The van der Waals surface area contributed by atoms with Crippen LogP contribution in [0.2, 0.25) is 0 Å². The van der Waals surface area contributed by atoms with Gasteiger partial charge in [-0.05, 0) is 33.0 Å². The van der Waals surface area contributed by atoms with Crippen molar-refractivity contribution in [2.45, 2.75) is 19.4 Å². The number of nitrogens with zero attached hydrogens (tertiary/aromatic N) is 2. The fourth-order valence-corrected chi connectivity index (χ4v) is 1.55. The van der Waals surface area contributed by atoms with Crippen molar-refractivity contribution < 1.29 is 0 Å². The first kappa shape index (κ1) is 9.21. The van der Waals surface area contributed by atoms with Crippen LogP contribution in [0.1, 0.15) is 19.4 Å². The van der Waals surface area contributed by atoms with Gasteiger partial charge in [0.25, 0.3) is 0 Å². The van der Waals surface area contributed by atoms with Crippen molar-refractivity contribution in [3.05, 3.63) is 36.2 Å². The number of aromatic nitrogens is 2. The van der Waals surface area contributed by atoms with Crippen molar-refractivity contribution >= 4 is 5.52 Å². The van der Waals surface area contributed by atoms with Gasteiger partial charge in [-0.1, -0.05) is 6.07 Å². The van der Waals surface area contributed by atoms with Crippen LogP contribution in [0.15, 0.2) is 30.6 Å². The van der Waals surface area contributed by atoms with E-state index in [4.69, 9.17) is 0 Å². The first-order valence-electron chi connectivity index (χ1n) is 4.77. The quantitative estimate of drug-likeness (QED) is 0.780. The molecule has 0 amide bonds. The summed E-state index contributed by atoms with van der Waals surface area (Å²) < 4.78 is 1.90. The van der Waals surface area contributed by atoms with Gasteiger partial charge in [-0.15, -0.1) is 0 Å². The molecular weight excluding hydrogens is 174 g/mol. The van der Waals surface area contributed by atoms with Crippen LogP contribution >= 0.6 is 0 Å². The lowest BCUT2D eigenvalue weighted by Crippen LogP contribution is -2.32. The average molecular weight is 189 g/mol. The second-order valence-corrected chi connectivity index (χ2v) is 3.96. The summed E-state index contributed by atoms with van der Waals surface area (Å²) >= 11 is 0. The monoisotopic (exact) mass is 189 g/mol. The van der Waals surface area contributed by atoms with E-state index < -0.39 is 0 Å². The van der Waals surface area contributed by atoms with Gasteiger partial charge in [-0.3, -0.25) is 0 Å². The lowest BCUT2D eigenvalue weighted by Gasteiger charge is -2.22. The molecule has 2 aromatic rings. The Labute approximate surface area is 83.7 Å². The number of rotatable bonds is 2. The Hall–Kier alpha value is -1.35. The molecule has 1 N–H and O–H groups in total. The fourth-order valence-electron chi connectivity index (χ4n) is 1.55. The van der Waals surface area contributed by atoms with Crippen LogP contribution in [0, 0.1) is 0 Å². The van der Waals surface area contributed by atoms with Gasteiger partial charge in [-0.25, -0.2) is 4.52 Å². The van der Waals surface area contributed by atoms with Crippen LogP contribution in [0.25, 0.3) is 5.52 Å². The average Bonchev–Trinajstić information content (AvgIpc) is 2.61. The van der Waals surface area contributed by atoms with Crippen molar-refractivity contribution in [3.8, 4) is 0 Å². The van der Waals surface area contributed by atoms with Crippen LogP contribution in [-0.2, 0) is 5.54 Å². The van der Waals surface area contributed by atoms with Gasteiger partial charge in [0.15, 0.2) is 0 Å². The van der Waals surface area contributed by atoms with E-state index in [0.29, 0.717) is 0 Å². The summed E-state index contributed by atoms with van der Waals surface area (Å²) in [4.78, 5) is 0. The Morgan fingerprint density at radius 1 is 1.36 bits per heavy atom. The summed E-state index contributed by atoms with van der Waals surface area (Å²) in [6, 6.07) is 6.10. The van der Waals surface area contributed by atoms with E-state index in [2.05, 4.69) is 30.3 Å². The van der Waals surface area contributed by atoms with Crippen molar-refractivity contribution in [1.82, 2.24) is 14.9 Å². The Bertz CT molecular complexity index is 442. The molecule has 0 saturated carbocycles. The van der Waals surface area contributed by atoms with Crippen LogP contribution in [0.3, 0.4) is 0 Å². The second-order valence-electron chi connectivity index (χ2n) is 3.96. The van der Waals surface area contributed by atoms with Crippen molar-refractivity contribution in [3.63, 3.8) is 0 Å². The normalized spacial score (nSPS) is 12.2. The number of pyridine rings is 1. The molecule has 0 aromatic carbocycles. The van der Waals surface area contributed by atoms with E-state index >= 15 is 0 Å². The van der Waals surface area contributed by atoms with Gasteiger partial charge in [0.05, 0.1) is 11.7 Å². The van der Waals surface area contributed by atoms with Crippen LogP contribution in [0.5, 0.6) is 0 Å². The number of hydrogen-bond acceptors (Lipinski definition) is 2. The van der Waals surface area contributed by atoms with E-state index in [9.17, 15) is 0 Å². The zero-order valence-electron chi connectivity index (χ0n) is 8.78. The maximum atomic E-state index is 4.31. The molecule has 0 unspecified atom stereocenters. The first-order valence-corrected chi connectivity index (χ1v) is 4.77. The topological polar surface area (TPSA) is 29.3 Å². The lowest BCUT2D eigenvalue weighted by molar-refractivity contribution is 0.448. The zero-order chi connectivity index (χ0) is 10.2. The molecule has 14 heavy (non-hydrogen) atoms. The summed E-state index contributed by atoms with van der Waals surface area (Å²) in [5.74, 6) is 0. The van der Waals surface area contributed by atoms with Gasteiger partial charge in [0, 0.05) is 17.3 Å². The highest BCUT2D eigenvalue weighted by Crippen LogP contribution is 2.23. The summed E-state index contributed by atoms with van der Waals surface area (Å²) in [7, 11) is 1.96. The highest BCUT2D eigenvalue weighted by Gasteiger charge is 2.21. The van der Waals surface area contributed by atoms with E-state index in [1.54, 1.807) is 0 Å². The maximum Gasteiger partial charge on any atom is 0.0712 e. The molecule has 0 fully saturated rings. The van der Waals surface area contributed by atoms with Gasteiger partial charge >= 0.3 is 0 Å². The van der Waals surface area contributed by atoms with Gasteiger partial charge in [0.1, 0.15) is 0 Å². The summed E-state index contributed by atoms with van der Waals surface area (Å²) in [5.41, 5.74) is 2.34. The molecule has 0 radical (unpaired) electrons. The van der Waals surface area contributed by atoms with Crippen molar-refractivity contribution in [2.24, 2.45) is 0 Å². The minimum absolute atomic E-state index is 0.0386. The molecule has 0 aliphatic rings. The molecule has 0 aliphatic carbocycles. The summed E-state index contributed by atoms with van der Waals surface area (Å²) in [5, 5.41) is 7.59. The molecule has 0 saturated heterocycles. The predicted molar refractivity (Wildman–Crippen MR) is 57.3 cm³/mol. The third kappa shape index (κ3) is 1.30. The van der Waals surface area contributed by atoms with Crippen molar-refractivity contribution in [2.75, 3.05) is 7.05 Å². The standard InChI is InChI=1S/C11H15N3/c1-11(2,12-3)9-8-13-14-7-5-4-6-10(9)14/h4-8,12H,1-3H3. The molecule has 3 nitrogen and oxygen atoms in total. The van der Waals surface area contributed by atoms with Crippen LogP contribution in [0.4, 0.5) is 0 Å². The molecule has 3 heteroatoms. The number of fused-ring (bicyclic) bond motifs is 1. The van der Waals surface area contributed by atoms with Gasteiger partial charge in [-0.2, -0.15) is 5.10 Å².